The van der Waals surface area contributed by atoms with Crippen molar-refractivity contribution >= 4 is 22.7 Å². The lowest BCUT2D eigenvalue weighted by Gasteiger charge is -2.17. The SMILES string of the molecule is C=C(Cc1ccc(CC(=O)CC2C=C(C(C)(C)C)ON2)cc1)c1sc(-c2ccccc2)nc1C. The van der Waals surface area contributed by atoms with E-state index in [-0.39, 0.29) is 17.2 Å². The highest BCUT2D eigenvalue weighted by molar-refractivity contribution is 7.16. The topological polar surface area (TPSA) is 51.2 Å². The number of benzene rings is 2. The number of aryl methyl sites for hydroxylation is 1. The van der Waals surface area contributed by atoms with E-state index in [1.807, 2.05) is 43.3 Å². The summed E-state index contributed by atoms with van der Waals surface area (Å²) < 4.78 is 0. The summed E-state index contributed by atoms with van der Waals surface area (Å²) in [7, 11) is 0. The number of nitrogens with one attached hydrogen (secondary N) is 1. The van der Waals surface area contributed by atoms with Crippen molar-refractivity contribution in [1.82, 2.24) is 10.5 Å². The Hall–Kier alpha value is -3.02. The summed E-state index contributed by atoms with van der Waals surface area (Å²) in [5, 5.41) is 1.02. The number of ketones is 1. The number of nitrogens with zero attached hydrogens (tertiary/aromatic N) is 1. The molecule has 5 heteroatoms. The molecule has 1 aliphatic rings. The predicted octanol–water partition coefficient (Wildman–Crippen LogP) is 6.71. The second-order valence-electron chi connectivity index (χ2n) is 9.92. The van der Waals surface area contributed by atoms with Crippen molar-refractivity contribution in [2.75, 3.05) is 0 Å². The molecule has 0 saturated carbocycles. The van der Waals surface area contributed by atoms with E-state index in [1.165, 1.54) is 5.56 Å². The summed E-state index contributed by atoms with van der Waals surface area (Å²) >= 11 is 1.69. The molecule has 1 unspecified atom stereocenters. The molecule has 0 bridgehead atoms. The second kappa shape index (κ2) is 10.1. The van der Waals surface area contributed by atoms with Gasteiger partial charge in [-0.05, 0) is 36.1 Å². The standard InChI is InChI=1S/C29H32N2O2S/c1-19(27-20(2)30-28(34-27)23-9-7-6-8-10-23)15-21-11-13-22(14-12-21)16-25(32)17-24-18-26(33-31-24)29(3,4)5/h6-14,18,24,31H,1,15-17H2,2-5H3. The van der Waals surface area contributed by atoms with Crippen molar-refractivity contribution in [3.63, 3.8) is 0 Å². The summed E-state index contributed by atoms with van der Waals surface area (Å²) in [5.41, 5.74) is 8.32. The van der Waals surface area contributed by atoms with Gasteiger partial charge in [0.25, 0.3) is 0 Å². The predicted molar refractivity (Wildman–Crippen MR) is 140 cm³/mol. The molecule has 1 atom stereocenters. The first-order valence-corrected chi connectivity index (χ1v) is 12.5. The van der Waals surface area contributed by atoms with Gasteiger partial charge in [0.05, 0.1) is 16.6 Å². The Balaban J connectivity index is 1.33. The van der Waals surface area contributed by atoms with Crippen LogP contribution in [-0.4, -0.2) is 16.8 Å². The van der Waals surface area contributed by atoms with Gasteiger partial charge < -0.3 is 4.84 Å². The van der Waals surface area contributed by atoms with Crippen LogP contribution in [0.2, 0.25) is 0 Å². The Kier molecular flexibility index (Phi) is 7.15. The van der Waals surface area contributed by atoms with Crippen LogP contribution in [0.15, 0.2) is 73.0 Å². The molecule has 4 rings (SSSR count). The number of hydroxylamine groups is 1. The van der Waals surface area contributed by atoms with Crippen LogP contribution in [0.4, 0.5) is 0 Å². The Morgan fingerprint density at radius 3 is 2.32 bits per heavy atom. The first kappa shape index (κ1) is 24.1. The monoisotopic (exact) mass is 472 g/mol. The highest BCUT2D eigenvalue weighted by atomic mass is 32.1. The van der Waals surface area contributed by atoms with E-state index in [1.54, 1.807) is 11.3 Å². The zero-order chi connectivity index (χ0) is 24.3. The Morgan fingerprint density at radius 2 is 1.71 bits per heavy atom. The van der Waals surface area contributed by atoms with Crippen molar-refractivity contribution in [2.24, 2.45) is 5.41 Å². The number of aromatic nitrogens is 1. The normalized spacial score (nSPS) is 15.6. The van der Waals surface area contributed by atoms with Gasteiger partial charge in [-0.3, -0.25) is 4.79 Å². The number of thiazole rings is 1. The van der Waals surface area contributed by atoms with Gasteiger partial charge in [-0.25, -0.2) is 4.98 Å². The fraction of sp³-hybridized carbons (Fsp3) is 0.310. The largest absolute Gasteiger partial charge is 0.412 e. The van der Waals surface area contributed by atoms with Crippen LogP contribution in [0.5, 0.6) is 0 Å². The number of allylic oxidation sites excluding steroid dienone is 2. The zero-order valence-corrected chi connectivity index (χ0v) is 21.2. The average Bonchev–Trinajstić information content (AvgIpc) is 3.42. The minimum Gasteiger partial charge on any atom is -0.412 e. The fourth-order valence-electron chi connectivity index (χ4n) is 3.97. The molecule has 3 aromatic rings. The van der Waals surface area contributed by atoms with Gasteiger partial charge in [0, 0.05) is 23.8 Å². The van der Waals surface area contributed by atoms with Gasteiger partial charge in [0.1, 0.15) is 16.6 Å². The van der Waals surface area contributed by atoms with Crippen molar-refractivity contribution < 1.29 is 9.63 Å². The molecule has 1 aromatic heterocycles. The van der Waals surface area contributed by atoms with E-state index in [4.69, 9.17) is 9.82 Å². The van der Waals surface area contributed by atoms with E-state index in [9.17, 15) is 4.79 Å². The van der Waals surface area contributed by atoms with Gasteiger partial charge in [0.2, 0.25) is 0 Å². The van der Waals surface area contributed by atoms with Crippen LogP contribution in [0.3, 0.4) is 0 Å². The van der Waals surface area contributed by atoms with E-state index in [0.717, 1.165) is 44.5 Å². The third kappa shape index (κ3) is 5.91. The number of carbonyl (C=O) groups excluding carboxylic acids is 1. The molecule has 4 nitrogen and oxygen atoms in total. The van der Waals surface area contributed by atoms with E-state index in [0.29, 0.717) is 12.8 Å². The Morgan fingerprint density at radius 1 is 1.06 bits per heavy atom. The number of Topliss-reactive ketones (excluding diaryl/α,β-unsaturated/α-hetero) is 1. The van der Waals surface area contributed by atoms with E-state index in [2.05, 4.69) is 57.1 Å². The summed E-state index contributed by atoms with van der Waals surface area (Å²) in [4.78, 5) is 24.0. The van der Waals surface area contributed by atoms with E-state index < -0.39 is 0 Å². The number of hydrogen-bond donors (Lipinski definition) is 1. The van der Waals surface area contributed by atoms with Crippen LogP contribution < -0.4 is 5.48 Å². The molecule has 0 fully saturated rings. The van der Waals surface area contributed by atoms with Crippen LogP contribution in [0.1, 0.15) is 48.9 Å². The van der Waals surface area contributed by atoms with Crippen LogP contribution in [0, 0.1) is 12.3 Å². The molecule has 176 valence electrons. The van der Waals surface area contributed by atoms with Gasteiger partial charge in [-0.2, -0.15) is 0 Å². The smallest absolute Gasteiger partial charge is 0.139 e. The van der Waals surface area contributed by atoms with Crippen molar-refractivity contribution in [2.45, 2.75) is 53.0 Å². The van der Waals surface area contributed by atoms with Gasteiger partial charge >= 0.3 is 0 Å². The van der Waals surface area contributed by atoms with Crippen molar-refractivity contribution in [3.8, 4) is 10.6 Å². The molecule has 2 heterocycles. The number of carbonyl (C=O) groups is 1. The molecule has 0 amide bonds. The van der Waals surface area contributed by atoms with Crippen LogP contribution in [0.25, 0.3) is 16.1 Å². The maximum atomic E-state index is 12.6. The lowest BCUT2D eigenvalue weighted by molar-refractivity contribution is -0.119. The highest BCUT2D eigenvalue weighted by Crippen LogP contribution is 2.33. The quantitative estimate of drug-likeness (QED) is 0.396. The summed E-state index contributed by atoms with van der Waals surface area (Å²) in [6.07, 6.45) is 3.63. The maximum Gasteiger partial charge on any atom is 0.139 e. The van der Waals surface area contributed by atoms with Gasteiger partial charge in [0.15, 0.2) is 0 Å². The van der Waals surface area contributed by atoms with Gasteiger partial charge in [-0.15, -0.1) is 16.8 Å². The first-order valence-electron chi connectivity index (χ1n) is 11.6. The van der Waals surface area contributed by atoms with Crippen LogP contribution in [-0.2, 0) is 22.5 Å². The Bertz CT molecular complexity index is 1200. The lowest BCUT2D eigenvalue weighted by Crippen LogP contribution is -2.25. The zero-order valence-electron chi connectivity index (χ0n) is 20.4. The molecule has 34 heavy (non-hydrogen) atoms. The second-order valence-corrected chi connectivity index (χ2v) is 10.9. The summed E-state index contributed by atoms with van der Waals surface area (Å²) in [6, 6.07) is 18.5. The molecule has 1 N–H and O–H groups in total. The molecular formula is C29H32N2O2S. The molecule has 0 spiro atoms. The molecule has 2 aromatic carbocycles. The minimum absolute atomic E-state index is 0.0623. The average molecular weight is 473 g/mol. The van der Waals surface area contributed by atoms with Crippen LogP contribution >= 0.6 is 11.3 Å². The highest BCUT2D eigenvalue weighted by Gasteiger charge is 2.27. The third-order valence-corrected chi connectivity index (χ3v) is 7.15. The molecular weight excluding hydrogens is 440 g/mol. The van der Waals surface area contributed by atoms with Gasteiger partial charge in [-0.1, -0.05) is 81.9 Å². The Labute approximate surface area is 206 Å². The molecule has 0 radical (unpaired) electrons. The minimum atomic E-state index is -0.0640. The van der Waals surface area contributed by atoms with Crippen molar-refractivity contribution in [3.05, 3.63) is 94.7 Å². The summed E-state index contributed by atoms with van der Waals surface area (Å²) in [6.45, 7) is 12.7. The van der Waals surface area contributed by atoms with Crippen molar-refractivity contribution in [1.29, 1.82) is 0 Å². The fourth-order valence-corrected chi connectivity index (χ4v) is 5.01. The summed E-state index contributed by atoms with van der Waals surface area (Å²) in [5.74, 6) is 1.08. The number of rotatable bonds is 8. The molecule has 1 aliphatic heterocycles. The maximum absolute atomic E-state index is 12.6. The van der Waals surface area contributed by atoms with E-state index >= 15 is 0 Å². The first-order chi connectivity index (χ1) is 16.2. The lowest BCUT2D eigenvalue weighted by atomic mass is 9.92. The molecule has 0 aliphatic carbocycles. The number of hydrogen-bond acceptors (Lipinski definition) is 5. The molecule has 0 saturated heterocycles. The third-order valence-electron chi connectivity index (χ3n) is 5.84.